The van der Waals surface area contributed by atoms with Gasteiger partial charge < -0.3 is 19.6 Å². The predicted molar refractivity (Wildman–Crippen MR) is 99.6 cm³/mol. The lowest BCUT2D eigenvalue weighted by Crippen LogP contribution is -2.04. The van der Waals surface area contributed by atoms with Gasteiger partial charge in [-0.25, -0.2) is 9.97 Å². The first-order valence-corrected chi connectivity index (χ1v) is 8.20. The SMILES string of the molecule is CNc1nc2cnc(Nc3cccc(Cl)c3)cc2n1Cc1ccco1. The third-order valence-electron chi connectivity index (χ3n) is 3.85. The molecule has 3 heterocycles. The molecule has 126 valence electrons. The Kier molecular flexibility index (Phi) is 4.03. The maximum absolute atomic E-state index is 6.04. The van der Waals surface area contributed by atoms with Crippen LogP contribution in [-0.2, 0) is 6.54 Å². The highest BCUT2D eigenvalue weighted by molar-refractivity contribution is 6.30. The minimum absolute atomic E-state index is 0.584. The quantitative estimate of drug-likeness (QED) is 0.552. The molecule has 0 saturated heterocycles. The molecule has 0 unspecified atom stereocenters. The lowest BCUT2D eigenvalue weighted by molar-refractivity contribution is 0.497. The van der Waals surface area contributed by atoms with Crippen molar-refractivity contribution in [2.24, 2.45) is 0 Å². The number of pyridine rings is 1. The first-order chi connectivity index (χ1) is 12.2. The molecule has 0 spiro atoms. The van der Waals surface area contributed by atoms with Gasteiger partial charge in [0.2, 0.25) is 5.95 Å². The van der Waals surface area contributed by atoms with E-state index in [9.17, 15) is 0 Å². The van der Waals surface area contributed by atoms with Gasteiger partial charge in [0.15, 0.2) is 0 Å². The number of hydrogen-bond donors (Lipinski definition) is 2. The number of imidazole rings is 1. The molecular formula is C18H16ClN5O. The van der Waals surface area contributed by atoms with Crippen molar-refractivity contribution in [1.82, 2.24) is 14.5 Å². The Morgan fingerprint density at radius 3 is 2.88 bits per heavy atom. The van der Waals surface area contributed by atoms with Crippen LogP contribution in [0, 0.1) is 0 Å². The molecule has 0 aliphatic heterocycles. The largest absolute Gasteiger partial charge is 0.467 e. The van der Waals surface area contributed by atoms with Crippen LogP contribution in [0.1, 0.15) is 5.76 Å². The molecule has 0 atom stereocenters. The molecule has 0 aliphatic rings. The first-order valence-electron chi connectivity index (χ1n) is 7.82. The average Bonchev–Trinajstić information content (AvgIpc) is 3.23. The second kappa shape index (κ2) is 6.49. The summed E-state index contributed by atoms with van der Waals surface area (Å²) in [6.45, 7) is 0.584. The van der Waals surface area contributed by atoms with Crippen molar-refractivity contribution in [3.05, 3.63) is 65.7 Å². The van der Waals surface area contributed by atoms with Crippen molar-refractivity contribution < 1.29 is 4.42 Å². The van der Waals surface area contributed by atoms with Crippen LogP contribution >= 0.6 is 11.6 Å². The highest BCUT2D eigenvalue weighted by atomic mass is 35.5. The molecule has 0 amide bonds. The Labute approximate surface area is 149 Å². The van der Waals surface area contributed by atoms with Crippen LogP contribution in [0.25, 0.3) is 11.0 Å². The summed E-state index contributed by atoms with van der Waals surface area (Å²) in [5, 5.41) is 7.06. The van der Waals surface area contributed by atoms with Crippen molar-refractivity contribution in [1.29, 1.82) is 0 Å². The summed E-state index contributed by atoms with van der Waals surface area (Å²) in [5.41, 5.74) is 2.65. The van der Waals surface area contributed by atoms with E-state index in [0.717, 1.165) is 34.2 Å². The molecule has 1 aromatic carbocycles. The van der Waals surface area contributed by atoms with Crippen LogP contribution in [-0.4, -0.2) is 21.6 Å². The normalized spacial score (nSPS) is 11.0. The van der Waals surface area contributed by atoms with E-state index in [0.29, 0.717) is 11.6 Å². The van der Waals surface area contributed by atoms with E-state index >= 15 is 0 Å². The molecule has 7 heteroatoms. The average molecular weight is 354 g/mol. The van der Waals surface area contributed by atoms with Gasteiger partial charge in [0, 0.05) is 23.8 Å². The van der Waals surface area contributed by atoms with Crippen molar-refractivity contribution in [3.8, 4) is 0 Å². The summed E-state index contributed by atoms with van der Waals surface area (Å²) in [4.78, 5) is 9.01. The number of nitrogens with zero attached hydrogens (tertiary/aromatic N) is 3. The van der Waals surface area contributed by atoms with Crippen LogP contribution in [0.15, 0.2) is 59.3 Å². The maximum Gasteiger partial charge on any atom is 0.204 e. The number of nitrogens with one attached hydrogen (secondary N) is 2. The van der Waals surface area contributed by atoms with Crippen molar-refractivity contribution in [2.75, 3.05) is 17.7 Å². The standard InChI is InChI=1S/C18H16ClN5O/c1-20-18-23-15-10-21-17(22-13-5-2-4-12(19)8-13)9-16(15)24(18)11-14-6-3-7-25-14/h2-10H,11H2,1H3,(H,20,23)(H,21,22). The monoisotopic (exact) mass is 353 g/mol. The number of hydrogen-bond acceptors (Lipinski definition) is 5. The summed E-state index contributed by atoms with van der Waals surface area (Å²) in [6, 6.07) is 13.3. The topological polar surface area (TPSA) is 67.9 Å². The van der Waals surface area contributed by atoms with E-state index in [1.54, 1.807) is 12.5 Å². The van der Waals surface area contributed by atoms with Crippen LogP contribution < -0.4 is 10.6 Å². The summed E-state index contributed by atoms with van der Waals surface area (Å²) in [5.74, 6) is 2.34. The molecule has 0 fully saturated rings. The molecule has 2 N–H and O–H groups in total. The van der Waals surface area contributed by atoms with Gasteiger partial charge in [-0.15, -0.1) is 0 Å². The second-order valence-electron chi connectivity index (χ2n) is 5.54. The van der Waals surface area contributed by atoms with Gasteiger partial charge in [-0.3, -0.25) is 0 Å². The Bertz CT molecular complexity index is 1010. The highest BCUT2D eigenvalue weighted by Gasteiger charge is 2.12. The number of fused-ring (bicyclic) bond motifs is 1. The number of benzene rings is 1. The molecule has 4 aromatic rings. The molecule has 0 saturated carbocycles. The van der Waals surface area contributed by atoms with Crippen molar-refractivity contribution >= 4 is 40.1 Å². The molecule has 0 aliphatic carbocycles. The number of halogens is 1. The lowest BCUT2D eigenvalue weighted by Gasteiger charge is -2.08. The zero-order valence-electron chi connectivity index (χ0n) is 13.5. The molecule has 3 aromatic heterocycles. The van der Waals surface area contributed by atoms with Crippen LogP contribution in [0.4, 0.5) is 17.5 Å². The smallest absolute Gasteiger partial charge is 0.204 e. The van der Waals surface area contributed by atoms with Gasteiger partial charge in [0.25, 0.3) is 0 Å². The lowest BCUT2D eigenvalue weighted by atomic mass is 10.3. The third-order valence-corrected chi connectivity index (χ3v) is 4.08. The number of anilines is 3. The summed E-state index contributed by atoms with van der Waals surface area (Å²) in [6.07, 6.45) is 3.42. The van der Waals surface area contributed by atoms with E-state index in [4.69, 9.17) is 16.0 Å². The van der Waals surface area contributed by atoms with E-state index in [-0.39, 0.29) is 0 Å². The van der Waals surface area contributed by atoms with Crippen LogP contribution in [0.3, 0.4) is 0 Å². The Morgan fingerprint density at radius 2 is 2.12 bits per heavy atom. The Balaban J connectivity index is 1.73. The minimum atomic E-state index is 0.584. The van der Waals surface area contributed by atoms with Gasteiger partial charge in [-0.2, -0.15) is 0 Å². The van der Waals surface area contributed by atoms with Gasteiger partial charge in [0.05, 0.1) is 24.5 Å². The zero-order valence-corrected chi connectivity index (χ0v) is 14.3. The minimum Gasteiger partial charge on any atom is -0.467 e. The van der Waals surface area contributed by atoms with Gasteiger partial charge in [-0.1, -0.05) is 17.7 Å². The highest BCUT2D eigenvalue weighted by Crippen LogP contribution is 2.25. The molecule has 6 nitrogen and oxygen atoms in total. The van der Waals surface area contributed by atoms with Gasteiger partial charge >= 0.3 is 0 Å². The zero-order chi connectivity index (χ0) is 17.2. The molecule has 4 rings (SSSR count). The van der Waals surface area contributed by atoms with E-state index < -0.39 is 0 Å². The van der Waals surface area contributed by atoms with E-state index in [1.165, 1.54) is 0 Å². The molecular weight excluding hydrogens is 338 g/mol. The molecule has 0 radical (unpaired) electrons. The summed E-state index contributed by atoms with van der Waals surface area (Å²) in [7, 11) is 1.85. The van der Waals surface area contributed by atoms with Crippen molar-refractivity contribution in [2.45, 2.75) is 6.54 Å². The maximum atomic E-state index is 6.04. The summed E-state index contributed by atoms with van der Waals surface area (Å²) < 4.78 is 7.53. The van der Waals surface area contributed by atoms with Crippen LogP contribution in [0.2, 0.25) is 5.02 Å². The van der Waals surface area contributed by atoms with Gasteiger partial charge in [0.1, 0.15) is 17.1 Å². The fourth-order valence-electron chi connectivity index (χ4n) is 2.72. The van der Waals surface area contributed by atoms with Crippen molar-refractivity contribution in [3.63, 3.8) is 0 Å². The third kappa shape index (κ3) is 3.16. The number of aromatic nitrogens is 3. The molecule has 25 heavy (non-hydrogen) atoms. The van der Waals surface area contributed by atoms with Crippen LogP contribution in [0.5, 0.6) is 0 Å². The Morgan fingerprint density at radius 1 is 1.20 bits per heavy atom. The predicted octanol–water partition coefficient (Wildman–Crippen LogP) is 4.51. The Hall–Kier alpha value is -2.99. The number of rotatable bonds is 5. The summed E-state index contributed by atoms with van der Waals surface area (Å²) >= 11 is 6.04. The second-order valence-corrected chi connectivity index (χ2v) is 5.98. The van der Waals surface area contributed by atoms with E-state index in [2.05, 4.69) is 25.2 Å². The first kappa shape index (κ1) is 15.5. The van der Waals surface area contributed by atoms with Gasteiger partial charge in [-0.05, 0) is 30.3 Å². The number of furan rings is 1. The fraction of sp³-hybridized carbons (Fsp3) is 0.111. The fourth-order valence-corrected chi connectivity index (χ4v) is 2.91. The van der Waals surface area contributed by atoms with E-state index in [1.807, 2.05) is 49.5 Å². The molecule has 0 bridgehead atoms.